The summed E-state index contributed by atoms with van der Waals surface area (Å²) >= 11 is 0. The van der Waals surface area contributed by atoms with E-state index in [0.717, 1.165) is 18.2 Å². The molecule has 7 nitrogen and oxygen atoms in total. The maximum atomic E-state index is 12.8. The van der Waals surface area contributed by atoms with Crippen LogP contribution in [0.1, 0.15) is 10.4 Å². The third kappa shape index (κ3) is 3.85. The molecule has 0 aliphatic rings. The molecule has 0 aromatic heterocycles. The van der Waals surface area contributed by atoms with Crippen molar-refractivity contribution >= 4 is 17.3 Å². The molecule has 0 saturated carbocycles. The molecule has 0 spiro atoms. The van der Waals surface area contributed by atoms with Crippen LogP contribution in [-0.2, 0) is 0 Å². The van der Waals surface area contributed by atoms with E-state index in [1.54, 1.807) is 0 Å². The van der Waals surface area contributed by atoms with E-state index in [4.69, 9.17) is 10.2 Å². The minimum absolute atomic E-state index is 0.189. The van der Waals surface area contributed by atoms with Gasteiger partial charge >= 0.3 is 5.97 Å². The molecule has 1 aromatic rings. The second kappa shape index (κ2) is 5.57. The number of nitrogens with zero attached hydrogens (tertiary/aromatic N) is 1. The van der Waals surface area contributed by atoms with Crippen molar-refractivity contribution in [1.82, 2.24) is 0 Å². The summed E-state index contributed by atoms with van der Waals surface area (Å²) in [6, 6.07) is 2.78. The molecule has 0 amide bonds. The average molecular weight is 276 g/mol. The SMILES string of the molecule is O=C(O)c1cc([N+](=O)[O-])ccc1NCC(F)(F)CO. The van der Waals surface area contributed by atoms with Crippen LogP contribution in [0.25, 0.3) is 0 Å². The van der Waals surface area contributed by atoms with Crippen LogP contribution in [0.15, 0.2) is 18.2 Å². The van der Waals surface area contributed by atoms with Gasteiger partial charge in [0.05, 0.1) is 17.0 Å². The highest BCUT2D eigenvalue weighted by Gasteiger charge is 2.28. The molecular formula is C10H10F2N2O5. The quantitative estimate of drug-likeness (QED) is 0.533. The summed E-state index contributed by atoms with van der Waals surface area (Å²) in [5, 5.41) is 29.9. The van der Waals surface area contributed by atoms with Crippen molar-refractivity contribution in [3.8, 4) is 0 Å². The van der Waals surface area contributed by atoms with E-state index in [0.29, 0.717) is 0 Å². The van der Waals surface area contributed by atoms with Crippen LogP contribution in [0.5, 0.6) is 0 Å². The Morgan fingerprint density at radius 1 is 1.47 bits per heavy atom. The predicted octanol–water partition coefficient (Wildman–Crippen LogP) is 1.33. The van der Waals surface area contributed by atoms with Crippen molar-refractivity contribution in [3.63, 3.8) is 0 Å². The maximum Gasteiger partial charge on any atom is 0.338 e. The molecule has 0 radical (unpaired) electrons. The molecule has 104 valence electrons. The molecule has 0 aliphatic carbocycles. The molecule has 1 aromatic carbocycles. The van der Waals surface area contributed by atoms with Crippen LogP contribution in [0.4, 0.5) is 20.2 Å². The van der Waals surface area contributed by atoms with E-state index in [1.807, 2.05) is 0 Å². The van der Waals surface area contributed by atoms with E-state index < -0.39 is 41.2 Å². The smallest absolute Gasteiger partial charge is 0.338 e. The molecule has 0 aliphatic heterocycles. The summed E-state index contributed by atoms with van der Waals surface area (Å²) in [4.78, 5) is 20.6. The molecule has 0 fully saturated rings. The van der Waals surface area contributed by atoms with Gasteiger partial charge in [0.2, 0.25) is 0 Å². The fourth-order valence-corrected chi connectivity index (χ4v) is 1.26. The Hall–Kier alpha value is -2.29. The van der Waals surface area contributed by atoms with E-state index in [-0.39, 0.29) is 5.69 Å². The van der Waals surface area contributed by atoms with Gasteiger partial charge in [-0.1, -0.05) is 0 Å². The number of aliphatic hydroxyl groups excluding tert-OH is 1. The zero-order valence-corrected chi connectivity index (χ0v) is 9.47. The number of non-ortho nitro benzene ring substituents is 1. The van der Waals surface area contributed by atoms with E-state index >= 15 is 0 Å². The maximum absolute atomic E-state index is 12.8. The largest absolute Gasteiger partial charge is 0.478 e. The molecule has 0 heterocycles. The topological polar surface area (TPSA) is 113 Å². The number of aromatic carboxylic acids is 1. The van der Waals surface area contributed by atoms with Gasteiger partial charge in [0.25, 0.3) is 11.6 Å². The zero-order valence-electron chi connectivity index (χ0n) is 9.47. The van der Waals surface area contributed by atoms with Crippen molar-refractivity contribution in [2.75, 3.05) is 18.5 Å². The van der Waals surface area contributed by atoms with Gasteiger partial charge in [0, 0.05) is 17.8 Å². The molecule has 0 bridgehead atoms. The molecule has 1 rings (SSSR count). The first-order valence-electron chi connectivity index (χ1n) is 5.01. The lowest BCUT2D eigenvalue weighted by Gasteiger charge is -2.16. The van der Waals surface area contributed by atoms with Crippen molar-refractivity contribution in [2.45, 2.75) is 5.92 Å². The lowest BCUT2D eigenvalue weighted by Crippen LogP contribution is -2.31. The minimum Gasteiger partial charge on any atom is -0.478 e. The monoisotopic (exact) mass is 276 g/mol. The summed E-state index contributed by atoms with van der Waals surface area (Å²) < 4.78 is 25.6. The second-order valence-electron chi connectivity index (χ2n) is 3.66. The number of aliphatic hydroxyl groups is 1. The second-order valence-corrected chi connectivity index (χ2v) is 3.66. The number of hydrogen-bond acceptors (Lipinski definition) is 5. The van der Waals surface area contributed by atoms with Gasteiger partial charge in [0.15, 0.2) is 0 Å². The Kier molecular flexibility index (Phi) is 4.33. The molecule has 0 atom stereocenters. The molecular weight excluding hydrogens is 266 g/mol. The number of nitrogens with one attached hydrogen (secondary N) is 1. The van der Waals surface area contributed by atoms with Gasteiger partial charge < -0.3 is 15.5 Å². The van der Waals surface area contributed by atoms with Crippen LogP contribution in [0, 0.1) is 10.1 Å². The Balaban J connectivity index is 3.01. The van der Waals surface area contributed by atoms with Crippen LogP contribution < -0.4 is 5.32 Å². The summed E-state index contributed by atoms with van der Waals surface area (Å²) in [6.45, 7) is -2.38. The third-order valence-corrected chi connectivity index (χ3v) is 2.21. The van der Waals surface area contributed by atoms with Crippen LogP contribution in [-0.4, -0.2) is 40.2 Å². The summed E-state index contributed by atoms with van der Waals surface area (Å²) in [5.41, 5.74) is -1.15. The third-order valence-electron chi connectivity index (χ3n) is 2.21. The average Bonchev–Trinajstić information content (AvgIpc) is 2.36. The molecule has 0 saturated heterocycles. The number of hydrogen-bond donors (Lipinski definition) is 3. The Morgan fingerprint density at radius 2 is 2.11 bits per heavy atom. The zero-order chi connectivity index (χ0) is 14.6. The number of anilines is 1. The highest BCUT2D eigenvalue weighted by atomic mass is 19.3. The van der Waals surface area contributed by atoms with Gasteiger partial charge in [0.1, 0.15) is 6.61 Å². The highest BCUT2D eigenvalue weighted by molar-refractivity contribution is 5.95. The first kappa shape index (κ1) is 14.8. The number of carboxylic acid groups (broad SMARTS) is 1. The fourth-order valence-electron chi connectivity index (χ4n) is 1.26. The number of benzene rings is 1. The number of alkyl halides is 2. The Bertz CT molecular complexity index is 507. The summed E-state index contributed by atoms with van der Waals surface area (Å²) in [7, 11) is 0. The minimum atomic E-state index is -3.42. The Morgan fingerprint density at radius 3 is 2.58 bits per heavy atom. The number of rotatable bonds is 6. The number of nitro groups is 1. The predicted molar refractivity (Wildman–Crippen MR) is 60.6 cm³/mol. The fraction of sp³-hybridized carbons (Fsp3) is 0.300. The van der Waals surface area contributed by atoms with Gasteiger partial charge in [-0.2, -0.15) is 0 Å². The normalized spacial score (nSPS) is 11.1. The number of halogens is 2. The van der Waals surface area contributed by atoms with Gasteiger partial charge in [-0.25, -0.2) is 13.6 Å². The number of carboxylic acids is 1. The lowest BCUT2D eigenvalue weighted by atomic mass is 10.1. The van der Waals surface area contributed by atoms with Crippen LogP contribution in [0.3, 0.4) is 0 Å². The van der Waals surface area contributed by atoms with E-state index in [2.05, 4.69) is 5.32 Å². The molecule has 9 heteroatoms. The summed E-state index contributed by atoms with van der Waals surface area (Å²) in [5.74, 6) is -4.91. The molecule has 3 N–H and O–H groups in total. The van der Waals surface area contributed by atoms with Gasteiger partial charge in [-0.15, -0.1) is 0 Å². The van der Waals surface area contributed by atoms with Crippen LogP contribution >= 0.6 is 0 Å². The first-order valence-corrected chi connectivity index (χ1v) is 5.01. The standard InChI is InChI=1S/C10H10F2N2O5/c11-10(12,5-15)4-13-8-2-1-6(14(18)19)3-7(8)9(16)17/h1-3,13,15H,4-5H2,(H,16,17). The van der Waals surface area contributed by atoms with E-state index in [1.165, 1.54) is 0 Å². The van der Waals surface area contributed by atoms with Crippen LogP contribution in [0.2, 0.25) is 0 Å². The van der Waals surface area contributed by atoms with Gasteiger partial charge in [-0.3, -0.25) is 10.1 Å². The van der Waals surface area contributed by atoms with Crippen molar-refractivity contribution in [3.05, 3.63) is 33.9 Å². The highest BCUT2D eigenvalue weighted by Crippen LogP contribution is 2.23. The summed E-state index contributed by atoms with van der Waals surface area (Å²) in [6.07, 6.45) is 0. The lowest BCUT2D eigenvalue weighted by molar-refractivity contribution is -0.384. The van der Waals surface area contributed by atoms with Gasteiger partial charge in [-0.05, 0) is 6.07 Å². The van der Waals surface area contributed by atoms with Crippen molar-refractivity contribution in [1.29, 1.82) is 0 Å². The molecule has 19 heavy (non-hydrogen) atoms. The number of carbonyl (C=O) groups is 1. The molecule has 0 unspecified atom stereocenters. The van der Waals surface area contributed by atoms with E-state index in [9.17, 15) is 23.7 Å². The van der Waals surface area contributed by atoms with Crippen molar-refractivity contribution in [2.24, 2.45) is 0 Å². The first-order chi connectivity index (χ1) is 8.76. The number of nitro benzene ring substituents is 1. The van der Waals surface area contributed by atoms with Crippen molar-refractivity contribution < 1.29 is 28.7 Å². The Labute approximate surface area is 105 Å².